The molecular formula is C12H17BrO2. The predicted molar refractivity (Wildman–Crippen MR) is 62.6 cm³/mol. The number of hydrogen-bond acceptors (Lipinski definition) is 2. The Morgan fingerprint density at radius 1 is 1.40 bits per heavy atom. The van der Waals surface area contributed by atoms with E-state index in [1.165, 1.54) is 6.42 Å². The standard InChI is InChI=1S/C12H17BrO2/c1-11(2)5-3-6-12(14,8-11)10-9(13)4-7-15-10/h4,7,14H,3,5-6,8H2,1-2H3. The molecule has 0 radical (unpaired) electrons. The Morgan fingerprint density at radius 3 is 2.67 bits per heavy atom. The van der Waals surface area contributed by atoms with E-state index in [1.807, 2.05) is 6.07 Å². The van der Waals surface area contributed by atoms with Gasteiger partial charge in [0, 0.05) is 0 Å². The first-order valence-corrected chi connectivity index (χ1v) is 6.18. The van der Waals surface area contributed by atoms with Crippen LogP contribution in [0.3, 0.4) is 0 Å². The van der Waals surface area contributed by atoms with Crippen LogP contribution >= 0.6 is 15.9 Å². The summed E-state index contributed by atoms with van der Waals surface area (Å²) >= 11 is 3.42. The van der Waals surface area contributed by atoms with Gasteiger partial charge in [0.05, 0.1) is 10.7 Å². The summed E-state index contributed by atoms with van der Waals surface area (Å²) in [6.45, 7) is 4.40. The van der Waals surface area contributed by atoms with E-state index in [-0.39, 0.29) is 5.41 Å². The fourth-order valence-electron chi connectivity index (χ4n) is 2.65. The van der Waals surface area contributed by atoms with Crippen LogP contribution in [0.25, 0.3) is 0 Å². The molecule has 1 aromatic rings. The van der Waals surface area contributed by atoms with Crippen molar-refractivity contribution in [2.75, 3.05) is 0 Å². The van der Waals surface area contributed by atoms with Gasteiger partial charge in [-0.05, 0) is 53.1 Å². The van der Waals surface area contributed by atoms with Crippen molar-refractivity contribution in [3.05, 3.63) is 22.6 Å². The lowest BCUT2D eigenvalue weighted by Gasteiger charge is -2.40. The lowest BCUT2D eigenvalue weighted by atomic mass is 9.69. The topological polar surface area (TPSA) is 33.4 Å². The molecule has 1 atom stereocenters. The molecule has 1 fully saturated rings. The van der Waals surface area contributed by atoms with Crippen LogP contribution in [-0.4, -0.2) is 5.11 Å². The van der Waals surface area contributed by atoms with Gasteiger partial charge in [-0.25, -0.2) is 0 Å². The zero-order valence-corrected chi connectivity index (χ0v) is 10.8. The minimum Gasteiger partial charge on any atom is -0.465 e. The molecule has 0 spiro atoms. The van der Waals surface area contributed by atoms with Gasteiger partial charge < -0.3 is 9.52 Å². The summed E-state index contributed by atoms with van der Waals surface area (Å²) in [5, 5.41) is 10.6. The van der Waals surface area contributed by atoms with E-state index < -0.39 is 5.60 Å². The summed E-state index contributed by atoms with van der Waals surface area (Å²) in [4.78, 5) is 0. The number of rotatable bonds is 1. The molecule has 0 bridgehead atoms. The Hall–Kier alpha value is -0.280. The van der Waals surface area contributed by atoms with Gasteiger partial charge >= 0.3 is 0 Å². The van der Waals surface area contributed by atoms with Crippen molar-refractivity contribution in [2.24, 2.45) is 5.41 Å². The number of halogens is 1. The van der Waals surface area contributed by atoms with Crippen LogP contribution in [0.2, 0.25) is 0 Å². The minimum absolute atomic E-state index is 0.194. The van der Waals surface area contributed by atoms with Crippen molar-refractivity contribution >= 4 is 15.9 Å². The number of furan rings is 1. The van der Waals surface area contributed by atoms with Gasteiger partial charge in [-0.15, -0.1) is 0 Å². The van der Waals surface area contributed by atoms with Crippen molar-refractivity contribution in [1.82, 2.24) is 0 Å². The highest BCUT2D eigenvalue weighted by Crippen LogP contribution is 2.47. The molecule has 84 valence electrons. The van der Waals surface area contributed by atoms with E-state index in [1.54, 1.807) is 6.26 Å². The Kier molecular flexibility index (Phi) is 2.72. The van der Waals surface area contributed by atoms with Gasteiger partial charge in [0.2, 0.25) is 0 Å². The lowest BCUT2D eigenvalue weighted by molar-refractivity contribution is -0.0601. The van der Waals surface area contributed by atoms with Gasteiger partial charge in [-0.3, -0.25) is 0 Å². The van der Waals surface area contributed by atoms with Gasteiger partial charge in [0.15, 0.2) is 0 Å². The molecule has 15 heavy (non-hydrogen) atoms. The summed E-state index contributed by atoms with van der Waals surface area (Å²) in [6.07, 6.45) is 5.41. The minimum atomic E-state index is -0.788. The molecule has 1 unspecified atom stereocenters. The van der Waals surface area contributed by atoms with Gasteiger partial charge in [-0.1, -0.05) is 13.8 Å². The Bertz CT molecular complexity index is 356. The third-order valence-electron chi connectivity index (χ3n) is 3.25. The third-order valence-corrected chi connectivity index (χ3v) is 3.88. The molecule has 1 aromatic heterocycles. The van der Waals surface area contributed by atoms with Crippen molar-refractivity contribution in [3.63, 3.8) is 0 Å². The Balaban J connectivity index is 2.31. The monoisotopic (exact) mass is 272 g/mol. The molecule has 1 aliphatic rings. The smallest absolute Gasteiger partial charge is 0.149 e. The molecule has 0 saturated heterocycles. The molecule has 1 aliphatic carbocycles. The average Bonchev–Trinajstić information content (AvgIpc) is 2.49. The maximum absolute atomic E-state index is 10.6. The fraction of sp³-hybridized carbons (Fsp3) is 0.667. The molecule has 3 heteroatoms. The molecule has 2 nitrogen and oxygen atoms in total. The molecule has 0 aromatic carbocycles. The second kappa shape index (κ2) is 3.63. The van der Waals surface area contributed by atoms with Crippen molar-refractivity contribution in [2.45, 2.75) is 45.1 Å². The van der Waals surface area contributed by atoms with Crippen LogP contribution < -0.4 is 0 Å². The van der Waals surface area contributed by atoms with Crippen molar-refractivity contribution in [3.8, 4) is 0 Å². The van der Waals surface area contributed by atoms with Crippen LogP contribution in [0.4, 0.5) is 0 Å². The van der Waals surface area contributed by atoms with Gasteiger partial charge in [0.1, 0.15) is 11.4 Å². The highest BCUT2D eigenvalue weighted by atomic mass is 79.9. The normalized spacial score (nSPS) is 30.4. The number of aliphatic hydroxyl groups is 1. The Morgan fingerprint density at radius 2 is 2.13 bits per heavy atom. The lowest BCUT2D eigenvalue weighted by Crippen LogP contribution is -2.36. The van der Waals surface area contributed by atoms with Crippen molar-refractivity contribution in [1.29, 1.82) is 0 Å². The average molecular weight is 273 g/mol. The maximum atomic E-state index is 10.6. The van der Waals surface area contributed by atoms with Crippen LogP contribution in [0.1, 0.15) is 45.3 Å². The summed E-state index contributed by atoms with van der Waals surface area (Å²) in [5.74, 6) is 0.690. The first-order chi connectivity index (χ1) is 6.93. The molecule has 2 rings (SSSR count). The van der Waals surface area contributed by atoms with E-state index in [2.05, 4.69) is 29.8 Å². The maximum Gasteiger partial charge on any atom is 0.149 e. The Labute approximate surface area is 98.8 Å². The predicted octanol–water partition coefficient (Wildman–Crippen LogP) is 3.83. The zero-order chi connectivity index (χ0) is 11.1. The molecule has 1 saturated carbocycles. The zero-order valence-electron chi connectivity index (χ0n) is 9.22. The molecule has 1 heterocycles. The highest BCUT2D eigenvalue weighted by molar-refractivity contribution is 9.10. The summed E-state index contributed by atoms with van der Waals surface area (Å²) in [6, 6.07) is 1.84. The fourth-order valence-corrected chi connectivity index (χ4v) is 3.22. The first kappa shape index (κ1) is 11.2. The summed E-state index contributed by atoms with van der Waals surface area (Å²) in [5.41, 5.74) is -0.594. The SMILES string of the molecule is CC1(C)CCCC(O)(c2occc2Br)C1. The summed E-state index contributed by atoms with van der Waals surface area (Å²) in [7, 11) is 0. The van der Waals surface area contributed by atoms with Crippen LogP contribution in [0, 0.1) is 5.41 Å². The van der Waals surface area contributed by atoms with Crippen molar-refractivity contribution < 1.29 is 9.52 Å². The quantitative estimate of drug-likeness (QED) is 0.843. The van der Waals surface area contributed by atoms with Crippen LogP contribution in [0.5, 0.6) is 0 Å². The van der Waals surface area contributed by atoms with E-state index in [4.69, 9.17) is 4.42 Å². The molecular weight excluding hydrogens is 256 g/mol. The van der Waals surface area contributed by atoms with E-state index in [0.717, 1.165) is 23.7 Å². The molecule has 0 aliphatic heterocycles. The highest BCUT2D eigenvalue weighted by Gasteiger charge is 2.42. The second-order valence-corrected chi connectivity index (χ2v) is 6.18. The number of hydrogen-bond donors (Lipinski definition) is 1. The van der Waals surface area contributed by atoms with Gasteiger partial charge in [0.25, 0.3) is 0 Å². The van der Waals surface area contributed by atoms with E-state index in [0.29, 0.717) is 5.76 Å². The van der Waals surface area contributed by atoms with Crippen LogP contribution in [-0.2, 0) is 5.60 Å². The second-order valence-electron chi connectivity index (χ2n) is 5.32. The third kappa shape index (κ3) is 2.13. The van der Waals surface area contributed by atoms with E-state index in [9.17, 15) is 5.11 Å². The van der Waals surface area contributed by atoms with E-state index >= 15 is 0 Å². The largest absolute Gasteiger partial charge is 0.465 e. The summed E-state index contributed by atoms with van der Waals surface area (Å²) < 4.78 is 6.28. The molecule has 0 amide bonds. The molecule has 1 N–H and O–H groups in total. The first-order valence-electron chi connectivity index (χ1n) is 5.39. The van der Waals surface area contributed by atoms with Crippen LogP contribution in [0.15, 0.2) is 21.2 Å². The van der Waals surface area contributed by atoms with Gasteiger partial charge in [-0.2, -0.15) is 0 Å².